The molecule has 0 bridgehead atoms. The number of nitrogens with zero attached hydrogens (tertiary/aromatic N) is 1. The zero-order valence-electron chi connectivity index (χ0n) is 14.5. The molecule has 1 fully saturated rings. The van der Waals surface area contributed by atoms with Crippen LogP contribution in [0.2, 0.25) is 0 Å². The first-order chi connectivity index (χ1) is 12.8. The molecule has 2 aliphatic rings. The largest absolute Gasteiger partial charge is 0.445 e. The molecular weight excluding hydrogens is 406 g/mol. The highest BCUT2D eigenvalue weighted by Crippen LogP contribution is 2.46. The van der Waals surface area contributed by atoms with Gasteiger partial charge in [0, 0.05) is 25.5 Å². The molecule has 0 aromatic heterocycles. The number of nitrogens with one attached hydrogen (secondary N) is 1. The van der Waals surface area contributed by atoms with Gasteiger partial charge in [-0.3, -0.25) is 14.5 Å². The van der Waals surface area contributed by atoms with Crippen molar-refractivity contribution in [1.82, 2.24) is 10.2 Å². The summed E-state index contributed by atoms with van der Waals surface area (Å²) in [6.07, 6.45) is -1.03. The fourth-order valence-corrected chi connectivity index (χ4v) is 4.11. The van der Waals surface area contributed by atoms with Crippen molar-refractivity contribution >= 4 is 47.2 Å². The number of carbonyl (C=O) groups is 4. The predicted octanol–water partition coefficient (Wildman–Crippen LogP) is -0.904. The van der Waals surface area contributed by atoms with E-state index in [0.717, 1.165) is 4.90 Å². The lowest BCUT2D eigenvalue weighted by Crippen LogP contribution is -2.80. The number of hydrogen-bond donors (Lipinski definition) is 2. The molecule has 27 heavy (non-hydrogen) atoms. The molecule has 11 nitrogen and oxygen atoms in total. The van der Waals surface area contributed by atoms with E-state index in [0.29, 0.717) is 5.57 Å². The zero-order valence-corrected chi connectivity index (χ0v) is 16.1. The van der Waals surface area contributed by atoms with E-state index in [1.807, 2.05) is 0 Å². The van der Waals surface area contributed by atoms with Gasteiger partial charge in [-0.2, -0.15) is 0 Å². The summed E-state index contributed by atoms with van der Waals surface area (Å²) in [7, 11) is 2.58. The highest BCUT2D eigenvalue weighted by Gasteiger charge is 2.66. The minimum Gasteiger partial charge on any atom is -0.445 e. The van der Waals surface area contributed by atoms with E-state index in [4.69, 9.17) is 36.3 Å². The summed E-state index contributed by atoms with van der Waals surface area (Å²) >= 11 is 6.69. The normalized spacial score (nSPS) is 24.0. The van der Waals surface area contributed by atoms with Crippen LogP contribution in [0.1, 0.15) is 0 Å². The molecule has 0 saturated carbocycles. The molecule has 150 valence electrons. The van der Waals surface area contributed by atoms with E-state index < -0.39 is 35.0 Å². The van der Waals surface area contributed by atoms with Gasteiger partial charge in [0.25, 0.3) is 11.6 Å². The Bertz CT molecular complexity index is 687. The van der Waals surface area contributed by atoms with E-state index in [-0.39, 0.29) is 30.7 Å². The first-order valence-corrected chi connectivity index (χ1v) is 9.08. The van der Waals surface area contributed by atoms with Crippen molar-refractivity contribution in [1.29, 1.82) is 0 Å². The van der Waals surface area contributed by atoms with Crippen molar-refractivity contribution in [2.24, 2.45) is 5.73 Å². The Morgan fingerprint density at radius 2 is 2.07 bits per heavy atom. The fourth-order valence-electron chi connectivity index (χ4n) is 2.62. The maximum Gasteiger partial charge on any atom is 0.404 e. The summed E-state index contributed by atoms with van der Waals surface area (Å²) in [5.41, 5.74) is 3.50. The van der Waals surface area contributed by atoms with Crippen molar-refractivity contribution in [3.63, 3.8) is 0 Å². The average molecular weight is 424 g/mol. The molecule has 3 amide bonds. The lowest BCUT2D eigenvalue weighted by molar-refractivity contribution is -0.193. The number of nitrogens with two attached hydrogens (primary N) is 1. The van der Waals surface area contributed by atoms with E-state index in [9.17, 15) is 19.2 Å². The van der Waals surface area contributed by atoms with Crippen LogP contribution in [-0.4, -0.2) is 79.1 Å². The first kappa shape index (κ1) is 21.3. The van der Waals surface area contributed by atoms with Gasteiger partial charge in [-0.15, -0.1) is 23.4 Å². The fraction of sp³-hybridized carbons (Fsp3) is 0.571. The third-order valence-corrected chi connectivity index (χ3v) is 5.38. The van der Waals surface area contributed by atoms with Crippen LogP contribution < -0.4 is 11.1 Å². The number of carbonyl (C=O) groups excluding carboxylic acids is 4. The molecule has 3 N–H and O–H groups in total. The molecule has 1 saturated heterocycles. The second-order valence-electron chi connectivity index (χ2n) is 5.36. The lowest BCUT2D eigenvalue weighted by atomic mass is 9.98. The number of halogens is 1. The molecule has 0 aromatic carbocycles. The summed E-state index contributed by atoms with van der Waals surface area (Å²) in [4.78, 5) is 48.9. The second kappa shape index (κ2) is 8.78. The van der Waals surface area contributed by atoms with Crippen molar-refractivity contribution in [3.05, 3.63) is 11.3 Å². The summed E-state index contributed by atoms with van der Waals surface area (Å²) in [6, 6.07) is 0. The Hall–Kier alpha value is -2.02. The van der Waals surface area contributed by atoms with Gasteiger partial charge < -0.3 is 30.0 Å². The highest BCUT2D eigenvalue weighted by molar-refractivity contribution is 8.00. The zero-order chi connectivity index (χ0) is 20.2. The van der Waals surface area contributed by atoms with Gasteiger partial charge >= 0.3 is 12.1 Å². The Morgan fingerprint density at radius 3 is 2.63 bits per heavy atom. The van der Waals surface area contributed by atoms with Gasteiger partial charge in [0.1, 0.15) is 23.6 Å². The Morgan fingerprint density at radius 1 is 1.37 bits per heavy atom. The van der Waals surface area contributed by atoms with Crippen molar-refractivity contribution in [3.8, 4) is 0 Å². The third kappa shape index (κ3) is 3.98. The van der Waals surface area contributed by atoms with Crippen LogP contribution in [0.25, 0.3) is 0 Å². The molecule has 0 aromatic rings. The molecular formula is C14H18ClN3O8S. The number of β-lactam (4-membered cyclic amide) rings is 1. The number of amides is 3. The number of rotatable bonds is 8. The van der Waals surface area contributed by atoms with E-state index >= 15 is 0 Å². The molecule has 13 heteroatoms. The van der Waals surface area contributed by atoms with Crippen molar-refractivity contribution in [2.45, 2.75) is 11.1 Å². The number of primary amides is 1. The van der Waals surface area contributed by atoms with Gasteiger partial charge in [0.15, 0.2) is 6.79 Å². The Balaban J connectivity index is 2.35. The number of fused-ring (bicyclic) bond motifs is 1. The number of thioether (sulfide) groups is 1. The SMILES string of the molecule is COCOC(=O)C1=C(COC(N)=O)CS[C@H]2N1C(=O)C2(NC(=O)CCl)OC. The van der Waals surface area contributed by atoms with E-state index in [1.165, 1.54) is 26.0 Å². The Kier molecular flexibility index (Phi) is 6.92. The highest BCUT2D eigenvalue weighted by atomic mass is 35.5. The van der Waals surface area contributed by atoms with Crippen LogP contribution in [0, 0.1) is 0 Å². The molecule has 0 radical (unpaired) electrons. The van der Waals surface area contributed by atoms with Crippen LogP contribution in [0.5, 0.6) is 0 Å². The van der Waals surface area contributed by atoms with Crippen LogP contribution in [0.4, 0.5) is 4.79 Å². The van der Waals surface area contributed by atoms with Crippen LogP contribution in [0.15, 0.2) is 11.3 Å². The minimum atomic E-state index is -1.67. The van der Waals surface area contributed by atoms with Crippen molar-refractivity contribution < 1.29 is 38.1 Å². The Labute approximate surface area is 163 Å². The predicted molar refractivity (Wildman–Crippen MR) is 92.2 cm³/mol. The van der Waals surface area contributed by atoms with Gasteiger partial charge in [-0.1, -0.05) is 0 Å². The van der Waals surface area contributed by atoms with Gasteiger partial charge in [-0.25, -0.2) is 9.59 Å². The molecule has 0 spiro atoms. The lowest BCUT2D eigenvalue weighted by Gasteiger charge is -2.55. The third-order valence-electron chi connectivity index (χ3n) is 3.77. The standard InChI is InChI=1S/C14H18ClN3O8S/c1-23-6-26-10(20)9-7(4-25-13(16)22)5-27-12-14(24-2,11(21)18(9)12)17-8(19)3-15/h12H,3-6H2,1-2H3,(H2,16,22)(H,17,19)/t12-,14?/m1/s1. The monoisotopic (exact) mass is 423 g/mol. The van der Waals surface area contributed by atoms with Gasteiger partial charge in [0.05, 0.1) is 0 Å². The summed E-state index contributed by atoms with van der Waals surface area (Å²) in [5, 5.41) is 1.69. The van der Waals surface area contributed by atoms with Crippen LogP contribution in [-0.2, 0) is 33.3 Å². The van der Waals surface area contributed by atoms with Crippen LogP contribution >= 0.6 is 23.4 Å². The molecule has 2 aliphatic heterocycles. The van der Waals surface area contributed by atoms with Crippen LogP contribution in [0.3, 0.4) is 0 Å². The molecule has 0 aliphatic carbocycles. The summed E-state index contributed by atoms with van der Waals surface area (Å²) in [5.74, 6) is -2.33. The number of ether oxygens (including phenoxy) is 4. The maximum absolute atomic E-state index is 12.8. The number of hydrogen-bond acceptors (Lipinski definition) is 9. The quantitative estimate of drug-likeness (QED) is 0.219. The number of methoxy groups -OCH3 is 2. The maximum atomic E-state index is 12.8. The molecule has 2 heterocycles. The number of alkyl halides is 1. The minimum absolute atomic E-state index is 0.116. The molecule has 2 rings (SSSR count). The smallest absolute Gasteiger partial charge is 0.404 e. The van der Waals surface area contributed by atoms with Gasteiger partial charge in [0.2, 0.25) is 5.91 Å². The summed E-state index contributed by atoms with van der Waals surface area (Å²) < 4.78 is 19.6. The summed E-state index contributed by atoms with van der Waals surface area (Å²) in [6.45, 7) is -0.644. The van der Waals surface area contributed by atoms with E-state index in [2.05, 4.69) is 5.32 Å². The molecule has 1 unspecified atom stereocenters. The van der Waals surface area contributed by atoms with Gasteiger partial charge in [-0.05, 0) is 0 Å². The average Bonchev–Trinajstić information content (AvgIpc) is 2.67. The van der Waals surface area contributed by atoms with E-state index in [1.54, 1.807) is 0 Å². The first-order valence-electron chi connectivity index (χ1n) is 7.50. The number of esters is 1. The molecule has 2 atom stereocenters. The topological polar surface area (TPSA) is 146 Å². The van der Waals surface area contributed by atoms with Crippen molar-refractivity contribution in [2.75, 3.05) is 39.3 Å². The second-order valence-corrected chi connectivity index (χ2v) is 6.69.